The van der Waals surface area contributed by atoms with E-state index in [1.807, 2.05) is 0 Å². The molecule has 1 atom stereocenters. The molecule has 0 fully saturated rings. The van der Waals surface area contributed by atoms with Crippen LogP contribution in [0.1, 0.15) is 33.8 Å². The third-order valence-corrected chi connectivity index (χ3v) is 5.64. The second-order valence-electron chi connectivity index (χ2n) is 5.85. The summed E-state index contributed by atoms with van der Waals surface area (Å²) < 4.78 is 18.5. The maximum absolute atomic E-state index is 13.8. The van der Waals surface area contributed by atoms with Gasteiger partial charge < -0.3 is 15.0 Å². The fraction of sp³-hybridized carbons (Fsp3) is 0.294. The van der Waals surface area contributed by atoms with E-state index < -0.39 is 11.8 Å². The molecule has 24 heavy (non-hydrogen) atoms. The molecule has 1 aliphatic rings. The maximum Gasteiger partial charge on any atom is 0.340 e. The number of fused-ring (bicyclic) bond motifs is 2. The number of H-pyrrole nitrogens is 1. The van der Waals surface area contributed by atoms with Crippen LogP contribution >= 0.6 is 11.3 Å². The van der Waals surface area contributed by atoms with Gasteiger partial charge in [-0.15, -0.1) is 11.3 Å². The van der Waals surface area contributed by atoms with E-state index in [1.54, 1.807) is 11.3 Å². The summed E-state index contributed by atoms with van der Waals surface area (Å²) in [5, 5.41) is 3.44. The predicted molar refractivity (Wildman–Crippen MR) is 90.8 cm³/mol. The van der Waals surface area contributed by atoms with Crippen LogP contribution in [0.5, 0.6) is 0 Å². The number of aromatic amines is 1. The van der Waals surface area contributed by atoms with Crippen LogP contribution in [0.2, 0.25) is 0 Å². The molecule has 4 rings (SSSR count). The second kappa shape index (κ2) is 5.68. The first-order valence-corrected chi connectivity index (χ1v) is 8.52. The zero-order chi connectivity index (χ0) is 16.8. The van der Waals surface area contributed by atoms with E-state index in [4.69, 9.17) is 4.74 Å². The number of imidazole rings is 1. The number of benzene rings is 1. The van der Waals surface area contributed by atoms with Crippen LogP contribution in [0, 0.1) is 5.82 Å². The van der Waals surface area contributed by atoms with E-state index >= 15 is 0 Å². The molecule has 2 aromatic heterocycles. The second-order valence-corrected chi connectivity index (χ2v) is 6.94. The fourth-order valence-electron chi connectivity index (χ4n) is 3.10. The van der Waals surface area contributed by atoms with Gasteiger partial charge >= 0.3 is 5.97 Å². The highest BCUT2D eigenvalue weighted by Crippen LogP contribution is 2.37. The van der Waals surface area contributed by atoms with Gasteiger partial charge in [0.25, 0.3) is 0 Å². The van der Waals surface area contributed by atoms with Gasteiger partial charge in [-0.1, -0.05) is 0 Å². The average Bonchev–Trinajstić information content (AvgIpc) is 3.17. The number of hydrogen-bond donors (Lipinski definition) is 2. The number of nitrogens with one attached hydrogen (secondary N) is 2. The van der Waals surface area contributed by atoms with Crippen LogP contribution < -0.4 is 5.32 Å². The summed E-state index contributed by atoms with van der Waals surface area (Å²) in [6.45, 7) is 3.10. The van der Waals surface area contributed by atoms with E-state index in [2.05, 4.69) is 28.3 Å². The summed E-state index contributed by atoms with van der Waals surface area (Å²) in [6.07, 6.45) is 0.985. The molecule has 0 amide bonds. The zero-order valence-corrected chi connectivity index (χ0v) is 14.1. The molecule has 0 saturated heterocycles. The Kier molecular flexibility index (Phi) is 3.62. The van der Waals surface area contributed by atoms with Crippen molar-refractivity contribution in [3.8, 4) is 10.7 Å². The molecule has 2 N–H and O–H groups in total. The molecule has 0 radical (unpaired) electrons. The minimum absolute atomic E-state index is 0.131. The Morgan fingerprint density at radius 1 is 1.42 bits per heavy atom. The van der Waals surface area contributed by atoms with Crippen LogP contribution in [0.25, 0.3) is 21.7 Å². The van der Waals surface area contributed by atoms with Crippen molar-refractivity contribution in [2.24, 2.45) is 0 Å². The van der Waals surface area contributed by atoms with Crippen molar-refractivity contribution in [1.29, 1.82) is 0 Å². The Hall–Kier alpha value is -2.25. The monoisotopic (exact) mass is 345 g/mol. The standard InChI is InChI=1S/C17H16FN3O2S/c1-8-15-9(3-4-19-8)5-13(24-15)16-20-12-7-10(18)6-11(14(12)21-16)17(22)23-2/h5-8,19H,3-4H2,1-2H3,(H,20,21). The predicted octanol–water partition coefficient (Wildman–Crippen LogP) is 3.42. The molecule has 7 heteroatoms. The van der Waals surface area contributed by atoms with E-state index in [9.17, 15) is 9.18 Å². The number of aromatic nitrogens is 2. The van der Waals surface area contributed by atoms with Crippen LogP contribution in [0.3, 0.4) is 0 Å². The van der Waals surface area contributed by atoms with Crippen molar-refractivity contribution in [3.63, 3.8) is 0 Å². The molecule has 3 heterocycles. The van der Waals surface area contributed by atoms with Crippen LogP contribution in [-0.2, 0) is 11.2 Å². The number of rotatable bonds is 2. The van der Waals surface area contributed by atoms with Gasteiger partial charge in [-0.3, -0.25) is 0 Å². The van der Waals surface area contributed by atoms with Gasteiger partial charge in [-0.2, -0.15) is 0 Å². The molecular weight excluding hydrogens is 329 g/mol. The average molecular weight is 345 g/mol. The summed E-state index contributed by atoms with van der Waals surface area (Å²) in [7, 11) is 1.27. The van der Waals surface area contributed by atoms with Gasteiger partial charge in [-0.05, 0) is 43.7 Å². The summed E-state index contributed by atoms with van der Waals surface area (Å²) >= 11 is 1.67. The molecule has 1 aromatic carbocycles. The number of esters is 1. The molecule has 3 aromatic rings. The molecular formula is C17H16FN3O2S. The summed E-state index contributed by atoms with van der Waals surface area (Å²) in [6, 6.07) is 4.95. The molecule has 5 nitrogen and oxygen atoms in total. The van der Waals surface area contributed by atoms with Crippen LogP contribution in [0.4, 0.5) is 4.39 Å². The minimum atomic E-state index is -0.596. The largest absolute Gasteiger partial charge is 0.465 e. The van der Waals surface area contributed by atoms with Gasteiger partial charge in [0.05, 0.1) is 23.1 Å². The van der Waals surface area contributed by atoms with Crippen molar-refractivity contribution in [3.05, 3.63) is 40.0 Å². The number of ether oxygens (including phenoxy) is 1. The fourth-order valence-corrected chi connectivity index (χ4v) is 4.29. The SMILES string of the molecule is COC(=O)c1cc(F)cc2[nH]c(-c3cc4c(s3)C(C)NCC4)nc12. The quantitative estimate of drug-likeness (QED) is 0.699. The van der Waals surface area contributed by atoms with Crippen molar-refractivity contribution in [2.75, 3.05) is 13.7 Å². The number of methoxy groups -OCH3 is 1. The molecule has 0 aliphatic carbocycles. The Morgan fingerprint density at radius 2 is 2.25 bits per heavy atom. The maximum atomic E-state index is 13.8. The number of nitrogens with zero attached hydrogens (tertiary/aromatic N) is 1. The van der Waals surface area contributed by atoms with Gasteiger partial charge in [0, 0.05) is 10.9 Å². The van der Waals surface area contributed by atoms with Crippen LogP contribution in [0.15, 0.2) is 18.2 Å². The number of halogens is 1. The highest BCUT2D eigenvalue weighted by atomic mass is 32.1. The van der Waals surface area contributed by atoms with Gasteiger partial charge in [-0.25, -0.2) is 14.2 Å². The Balaban J connectivity index is 1.85. The van der Waals surface area contributed by atoms with Crippen molar-refractivity contribution in [1.82, 2.24) is 15.3 Å². The number of hydrogen-bond acceptors (Lipinski definition) is 5. The van der Waals surface area contributed by atoms with Gasteiger partial charge in [0.1, 0.15) is 17.2 Å². The Labute approximate surface area is 141 Å². The minimum Gasteiger partial charge on any atom is -0.465 e. The zero-order valence-electron chi connectivity index (χ0n) is 13.3. The topological polar surface area (TPSA) is 67.0 Å². The van der Waals surface area contributed by atoms with E-state index in [0.717, 1.165) is 23.9 Å². The first-order valence-electron chi connectivity index (χ1n) is 7.70. The van der Waals surface area contributed by atoms with Crippen LogP contribution in [-0.4, -0.2) is 29.6 Å². The molecule has 124 valence electrons. The molecule has 1 unspecified atom stereocenters. The van der Waals surface area contributed by atoms with Crippen molar-refractivity contribution >= 4 is 28.3 Å². The van der Waals surface area contributed by atoms with Gasteiger partial charge in [0.15, 0.2) is 0 Å². The lowest BCUT2D eigenvalue weighted by atomic mass is 10.1. The molecule has 1 aliphatic heterocycles. The summed E-state index contributed by atoms with van der Waals surface area (Å²) in [4.78, 5) is 21.8. The number of carbonyl (C=O) groups is 1. The van der Waals surface area contributed by atoms with Crippen molar-refractivity contribution in [2.45, 2.75) is 19.4 Å². The Morgan fingerprint density at radius 3 is 3.00 bits per heavy atom. The van der Waals surface area contributed by atoms with E-state index in [1.165, 1.54) is 23.6 Å². The molecule has 0 spiro atoms. The normalized spacial score (nSPS) is 17.0. The Bertz CT molecular complexity index is 947. The third-order valence-electron chi connectivity index (χ3n) is 4.27. The highest BCUT2D eigenvalue weighted by Gasteiger charge is 2.22. The molecule has 0 bridgehead atoms. The van der Waals surface area contributed by atoms with E-state index in [-0.39, 0.29) is 5.56 Å². The lowest BCUT2D eigenvalue weighted by molar-refractivity contribution is 0.0602. The third kappa shape index (κ3) is 2.40. The van der Waals surface area contributed by atoms with E-state index in [0.29, 0.717) is 22.9 Å². The van der Waals surface area contributed by atoms with Gasteiger partial charge in [0.2, 0.25) is 0 Å². The summed E-state index contributed by atoms with van der Waals surface area (Å²) in [5.41, 5.74) is 2.37. The lowest BCUT2D eigenvalue weighted by Crippen LogP contribution is -2.26. The number of thiophene rings is 1. The molecule has 0 saturated carbocycles. The first kappa shape index (κ1) is 15.3. The van der Waals surface area contributed by atoms with Crippen molar-refractivity contribution < 1.29 is 13.9 Å². The highest BCUT2D eigenvalue weighted by molar-refractivity contribution is 7.15. The smallest absolute Gasteiger partial charge is 0.340 e. The first-order chi connectivity index (χ1) is 11.6. The lowest BCUT2D eigenvalue weighted by Gasteiger charge is -2.19. The summed E-state index contributed by atoms with van der Waals surface area (Å²) in [5.74, 6) is -0.449. The number of carbonyl (C=O) groups excluding carboxylic acids is 1.